The van der Waals surface area contributed by atoms with Crippen molar-refractivity contribution in [2.24, 2.45) is 0 Å². The molecule has 2 aliphatic carbocycles. The molecule has 322 valence electrons. The lowest BCUT2D eigenvalue weighted by Gasteiger charge is -2.40. The van der Waals surface area contributed by atoms with Crippen LogP contribution in [0.1, 0.15) is 44.5 Å². The predicted octanol–water partition coefficient (Wildman–Crippen LogP) is 16.9. The third-order valence-corrected chi connectivity index (χ3v) is 15.4. The summed E-state index contributed by atoms with van der Waals surface area (Å²) in [5, 5.41) is 2.39. The van der Waals surface area contributed by atoms with Crippen LogP contribution in [0.3, 0.4) is 0 Å². The van der Waals surface area contributed by atoms with Gasteiger partial charge in [-0.15, -0.1) is 0 Å². The standard InChI is InChI=1S/C66H41NO2/c1-2-17-42(18-3-1)43-33-36-45(37-34-43)67(58-28-16-27-57-63(58)50-20-5-7-22-52(50)65(57)53-23-8-12-29-59(53)68-60-30-13-9-24-54(60)65)46-38-40-47-44(41-46)35-39-49-48-19-4-6-21-51(48)66(64(47)49)55-25-10-14-31-61(55)69-62-32-15-11-26-56(62)66/h1-41H. The van der Waals surface area contributed by atoms with Crippen molar-refractivity contribution in [3.63, 3.8) is 0 Å². The molecule has 0 unspecified atom stereocenters. The molecular weight excluding hydrogens is 839 g/mol. The van der Waals surface area contributed by atoms with Crippen LogP contribution in [-0.2, 0) is 10.8 Å². The first-order chi connectivity index (χ1) is 34.2. The summed E-state index contributed by atoms with van der Waals surface area (Å²) in [6.07, 6.45) is 0. The Hall–Kier alpha value is -8.92. The molecule has 2 aliphatic heterocycles. The van der Waals surface area contributed by atoms with E-state index >= 15 is 0 Å². The second-order valence-electron chi connectivity index (χ2n) is 18.6. The smallest absolute Gasteiger partial charge is 0.132 e. The lowest BCUT2D eigenvalue weighted by molar-refractivity contribution is 0.436. The molecule has 3 nitrogen and oxygen atoms in total. The van der Waals surface area contributed by atoms with Gasteiger partial charge in [0.15, 0.2) is 0 Å². The first kappa shape index (κ1) is 38.2. The van der Waals surface area contributed by atoms with Gasteiger partial charge in [-0.25, -0.2) is 0 Å². The van der Waals surface area contributed by atoms with Crippen LogP contribution in [0.15, 0.2) is 249 Å². The van der Waals surface area contributed by atoms with Gasteiger partial charge in [0.1, 0.15) is 23.0 Å². The molecule has 0 amide bonds. The SMILES string of the molecule is c1ccc(-c2ccc(N(c3ccc4c5c(ccc4c3)-c3ccccc3C53c4ccccc4Oc4ccccc43)c3cccc4c3-c3ccccc3C43c4ccccc4Oc4ccccc43)cc2)cc1. The van der Waals surface area contributed by atoms with Gasteiger partial charge in [-0.1, -0.05) is 194 Å². The van der Waals surface area contributed by atoms with E-state index in [1.807, 2.05) is 0 Å². The first-order valence-electron chi connectivity index (χ1n) is 23.8. The number of para-hydroxylation sites is 4. The highest BCUT2D eigenvalue weighted by atomic mass is 16.5. The van der Waals surface area contributed by atoms with E-state index in [2.05, 4.69) is 254 Å². The summed E-state index contributed by atoms with van der Waals surface area (Å²) in [5.41, 5.74) is 19.1. The Kier molecular flexibility index (Phi) is 7.92. The molecule has 0 aromatic heterocycles. The normalized spacial score (nSPS) is 14.3. The van der Waals surface area contributed by atoms with Crippen LogP contribution in [0.25, 0.3) is 44.2 Å². The third-order valence-electron chi connectivity index (χ3n) is 15.4. The number of nitrogens with zero attached hydrogens (tertiary/aromatic N) is 1. The highest BCUT2D eigenvalue weighted by Gasteiger charge is 2.53. The van der Waals surface area contributed by atoms with Gasteiger partial charge >= 0.3 is 0 Å². The molecular formula is C66H41NO2. The second-order valence-corrected chi connectivity index (χ2v) is 18.6. The molecule has 2 heterocycles. The van der Waals surface area contributed by atoms with Crippen molar-refractivity contribution in [3.8, 4) is 56.4 Å². The minimum atomic E-state index is -0.597. The topological polar surface area (TPSA) is 21.7 Å². The summed E-state index contributed by atoms with van der Waals surface area (Å²) in [6.45, 7) is 0. The van der Waals surface area contributed by atoms with Gasteiger partial charge in [0.25, 0.3) is 0 Å². The molecule has 0 radical (unpaired) electrons. The average molecular weight is 880 g/mol. The highest BCUT2D eigenvalue weighted by molar-refractivity contribution is 6.04. The minimum absolute atomic E-state index is 0.583. The molecule has 2 spiro atoms. The lowest BCUT2D eigenvalue weighted by Crippen LogP contribution is -2.32. The van der Waals surface area contributed by atoms with Crippen molar-refractivity contribution in [1.29, 1.82) is 0 Å². The minimum Gasteiger partial charge on any atom is -0.457 e. The van der Waals surface area contributed by atoms with Crippen molar-refractivity contribution in [3.05, 3.63) is 293 Å². The maximum Gasteiger partial charge on any atom is 0.132 e. The van der Waals surface area contributed by atoms with Gasteiger partial charge < -0.3 is 14.4 Å². The number of ether oxygens (including phenoxy) is 2. The zero-order valence-electron chi connectivity index (χ0n) is 37.4. The molecule has 0 fully saturated rings. The Morgan fingerprint density at radius 2 is 0.783 bits per heavy atom. The third kappa shape index (κ3) is 5.06. The second kappa shape index (κ2) is 14.3. The van der Waals surface area contributed by atoms with Crippen LogP contribution >= 0.6 is 0 Å². The molecule has 0 atom stereocenters. The molecule has 0 bridgehead atoms. The first-order valence-corrected chi connectivity index (χ1v) is 23.8. The number of anilines is 3. The van der Waals surface area contributed by atoms with Crippen molar-refractivity contribution in [2.75, 3.05) is 4.90 Å². The summed E-state index contributed by atoms with van der Waals surface area (Å²) in [6, 6.07) is 90.9. The Morgan fingerprint density at radius 3 is 1.41 bits per heavy atom. The van der Waals surface area contributed by atoms with Gasteiger partial charge in [0.2, 0.25) is 0 Å². The highest BCUT2D eigenvalue weighted by Crippen LogP contribution is 2.66. The Labute approximate surface area is 400 Å². The quantitative estimate of drug-likeness (QED) is 0.176. The van der Waals surface area contributed by atoms with E-state index < -0.39 is 10.8 Å². The zero-order chi connectivity index (χ0) is 45.3. The van der Waals surface area contributed by atoms with E-state index in [4.69, 9.17) is 9.47 Å². The van der Waals surface area contributed by atoms with Gasteiger partial charge in [-0.3, -0.25) is 0 Å². The number of benzene rings is 11. The summed E-state index contributed by atoms with van der Waals surface area (Å²) in [4.78, 5) is 2.48. The Morgan fingerprint density at radius 1 is 0.304 bits per heavy atom. The fourth-order valence-corrected chi connectivity index (χ4v) is 12.7. The van der Waals surface area contributed by atoms with Crippen molar-refractivity contribution >= 4 is 27.8 Å². The molecule has 11 aromatic carbocycles. The lowest BCUT2D eigenvalue weighted by atomic mass is 9.65. The van der Waals surface area contributed by atoms with Crippen molar-refractivity contribution in [1.82, 2.24) is 0 Å². The summed E-state index contributed by atoms with van der Waals surface area (Å²) in [7, 11) is 0. The van der Waals surface area contributed by atoms with Crippen LogP contribution in [0, 0.1) is 0 Å². The number of hydrogen-bond donors (Lipinski definition) is 0. The van der Waals surface area contributed by atoms with E-state index in [9.17, 15) is 0 Å². The maximum absolute atomic E-state index is 6.72. The van der Waals surface area contributed by atoms with E-state index in [0.717, 1.165) is 62.3 Å². The molecule has 15 rings (SSSR count). The molecule has 4 aliphatic rings. The van der Waals surface area contributed by atoms with E-state index in [0.29, 0.717) is 0 Å². The van der Waals surface area contributed by atoms with Crippen LogP contribution < -0.4 is 14.4 Å². The monoisotopic (exact) mass is 879 g/mol. The summed E-state index contributed by atoms with van der Waals surface area (Å²) in [5.74, 6) is 3.55. The van der Waals surface area contributed by atoms with E-state index in [1.165, 1.54) is 66.4 Å². The number of rotatable bonds is 4. The Bertz CT molecular complexity index is 3830. The van der Waals surface area contributed by atoms with Crippen LogP contribution in [0.5, 0.6) is 23.0 Å². The maximum atomic E-state index is 6.72. The van der Waals surface area contributed by atoms with Crippen molar-refractivity contribution in [2.45, 2.75) is 10.8 Å². The van der Waals surface area contributed by atoms with Crippen LogP contribution in [0.4, 0.5) is 17.1 Å². The summed E-state index contributed by atoms with van der Waals surface area (Å²) >= 11 is 0. The van der Waals surface area contributed by atoms with Gasteiger partial charge in [0, 0.05) is 39.2 Å². The van der Waals surface area contributed by atoms with E-state index in [-0.39, 0.29) is 0 Å². The summed E-state index contributed by atoms with van der Waals surface area (Å²) < 4.78 is 13.4. The number of fused-ring (bicyclic) bond motifs is 20. The molecule has 0 saturated heterocycles. The average Bonchev–Trinajstić information content (AvgIpc) is 3.88. The molecule has 11 aromatic rings. The predicted molar refractivity (Wildman–Crippen MR) is 279 cm³/mol. The van der Waals surface area contributed by atoms with Gasteiger partial charge in [0.05, 0.1) is 16.5 Å². The van der Waals surface area contributed by atoms with Gasteiger partial charge in [-0.05, 0) is 115 Å². The fourth-order valence-electron chi connectivity index (χ4n) is 12.7. The van der Waals surface area contributed by atoms with Crippen LogP contribution in [0.2, 0.25) is 0 Å². The molecule has 69 heavy (non-hydrogen) atoms. The largest absolute Gasteiger partial charge is 0.457 e. The zero-order valence-corrected chi connectivity index (χ0v) is 37.4. The molecule has 0 N–H and O–H groups in total. The van der Waals surface area contributed by atoms with Crippen LogP contribution in [-0.4, -0.2) is 0 Å². The van der Waals surface area contributed by atoms with Crippen molar-refractivity contribution < 1.29 is 9.47 Å². The molecule has 3 heteroatoms. The number of hydrogen-bond acceptors (Lipinski definition) is 3. The Balaban J connectivity index is 0.996. The fraction of sp³-hybridized carbons (Fsp3) is 0.0303. The van der Waals surface area contributed by atoms with E-state index in [1.54, 1.807) is 0 Å². The molecule has 0 saturated carbocycles. The van der Waals surface area contributed by atoms with Gasteiger partial charge in [-0.2, -0.15) is 0 Å².